The van der Waals surface area contributed by atoms with Gasteiger partial charge in [-0.15, -0.1) is 0 Å². The number of aryl methyl sites for hydroxylation is 4. The molecule has 4 aliphatic rings. The molecule has 0 amide bonds. The van der Waals surface area contributed by atoms with E-state index in [1.165, 1.54) is 122 Å². The number of rotatable bonds is 9. The summed E-state index contributed by atoms with van der Waals surface area (Å²) >= 11 is 0. The van der Waals surface area contributed by atoms with Gasteiger partial charge in [0.05, 0.1) is 53.7 Å². The van der Waals surface area contributed by atoms with Crippen molar-refractivity contribution in [1.29, 1.82) is 0 Å². The number of hydrogen-bond acceptors (Lipinski definition) is 6. The van der Waals surface area contributed by atoms with Crippen LogP contribution < -0.4 is 0 Å². The molecule has 2 saturated carbocycles. The summed E-state index contributed by atoms with van der Waals surface area (Å²) in [7, 11) is 0.313. The van der Waals surface area contributed by atoms with Gasteiger partial charge in [0, 0.05) is 55.3 Å². The van der Waals surface area contributed by atoms with Crippen molar-refractivity contribution in [2.75, 3.05) is 13.7 Å². The van der Waals surface area contributed by atoms with E-state index in [9.17, 15) is 14.7 Å². The third-order valence-electron chi connectivity index (χ3n) is 13.8. The molecule has 2 aliphatic heterocycles. The smallest absolute Gasteiger partial charge is 0.337 e. The maximum atomic E-state index is 12.4. The lowest BCUT2D eigenvalue weighted by atomic mass is 9.82. The predicted octanol–water partition coefficient (Wildman–Crippen LogP) is 12.6. The third-order valence-corrected chi connectivity index (χ3v) is 15.5. The van der Waals surface area contributed by atoms with E-state index in [1.807, 2.05) is 30.6 Å². The summed E-state index contributed by atoms with van der Waals surface area (Å²) in [5.74, 6) is -0.0676. The number of benzene rings is 2. The van der Waals surface area contributed by atoms with Crippen molar-refractivity contribution in [3.05, 3.63) is 82.7 Å². The second kappa shape index (κ2) is 19.4. The van der Waals surface area contributed by atoms with E-state index in [4.69, 9.17) is 14.5 Å². The van der Waals surface area contributed by atoms with Crippen molar-refractivity contribution in [1.82, 2.24) is 28.7 Å². The van der Waals surface area contributed by atoms with E-state index in [2.05, 4.69) is 49.4 Å². The number of hydrogen-bond donors (Lipinski definition) is 2. The molecule has 2 aromatic carbocycles. The standard InChI is InChI=1S/C28H39N3O3Si.C21H23N3O2.2CH4/c1-33-28(32)21-12-13-22-24(17-21)31-14-8-11-23-26(27(31)25(22)20-9-6-5-7-10-20)30(18-29-23)19-34-15-16-35(2,3)4;25-21(26)14-8-9-15-17(11-14)24-10-4-7-16-19(23-12-22-16)20(24)18(15)13-5-2-1-3-6-13;;/h12-13,17-18,20H,5-11,14-16,19H2,1-4H3;8-9,11-13H,1-7,10H2,(H,22,23)(H,25,26);2*1H4. The first-order valence-electron chi connectivity index (χ1n) is 22.9. The molecule has 2 fully saturated rings. The Morgan fingerprint density at radius 1 is 0.762 bits per heavy atom. The first-order valence-corrected chi connectivity index (χ1v) is 26.6. The number of carboxylic acid groups (broad SMARTS) is 1. The Labute approximate surface area is 374 Å². The highest BCUT2D eigenvalue weighted by molar-refractivity contribution is 6.76. The van der Waals surface area contributed by atoms with Crippen molar-refractivity contribution in [3.8, 4) is 22.8 Å². The Morgan fingerprint density at radius 2 is 1.35 bits per heavy atom. The first kappa shape index (κ1) is 46.1. The topological polar surface area (TPSA) is 129 Å². The fourth-order valence-corrected chi connectivity index (χ4v) is 11.5. The second-order valence-electron chi connectivity index (χ2n) is 19.1. The third kappa shape index (κ3) is 9.07. The van der Waals surface area contributed by atoms with E-state index in [-0.39, 0.29) is 20.8 Å². The van der Waals surface area contributed by atoms with Crippen LogP contribution in [-0.2, 0) is 42.1 Å². The summed E-state index contributed by atoms with van der Waals surface area (Å²) in [4.78, 5) is 36.8. The summed E-state index contributed by atoms with van der Waals surface area (Å²) in [6.45, 7) is 10.3. The molecule has 10 rings (SSSR count). The zero-order valence-corrected chi connectivity index (χ0v) is 37.5. The number of esters is 1. The number of nitrogens with one attached hydrogen (secondary N) is 1. The van der Waals surface area contributed by atoms with E-state index in [1.54, 1.807) is 12.4 Å². The summed E-state index contributed by atoms with van der Waals surface area (Å²) in [5.41, 5.74) is 13.2. The van der Waals surface area contributed by atoms with Gasteiger partial charge in [0.15, 0.2) is 0 Å². The van der Waals surface area contributed by atoms with Crippen LogP contribution in [0.5, 0.6) is 0 Å². The number of carbonyl (C=O) groups excluding carboxylic acids is 1. The molecule has 6 heterocycles. The molecular weight excluding hydrogens is 805 g/mol. The van der Waals surface area contributed by atoms with Crippen LogP contribution in [0.15, 0.2) is 49.1 Å². The zero-order chi connectivity index (χ0) is 42.3. The van der Waals surface area contributed by atoms with Crippen LogP contribution in [0.3, 0.4) is 0 Å². The Balaban J connectivity index is 0.000000190. The van der Waals surface area contributed by atoms with Gasteiger partial charge in [-0.2, -0.15) is 0 Å². The minimum absolute atomic E-state index is 0. The highest BCUT2D eigenvalue weighted by atomic mass is 28.3. The van der Waals surface area contributed by atoms with Crippen molar-refractivity contribution in [3.63, 3.8) is 0 Å². The normalized spacial score (nSPS) is 16.6. The van der Waals surface area contributed by atoms with Gasteiger partial charge in [-0.25, -0.2) is 19.6 Å². The molecule has 2 N–H and O–H groups in total. The van der Waals surface area contributed by atoms with E-state index in [0.29, 0.717) is 29.7 Å². The number of aromatic carboxylic acids is 1. The minimum atomic E-state index is -1.14. The van der Waals surface area contributed by atoms with Crippen LogP contribution in [0.4, 0.5) is 0 Å². The maximum absolute atomic E-state index is 12.4. The Morgan fingerprint density at radius 3 is 1.97 bits per heavy atom. The first-order chi connectivity index (χ1) is 29.6. The second-order valence-corrected chi connectivity index (χ2v) is 24.7. The van der Waals surface area contributed by atoms with Crippen molar-refractivity contribution >= 4 is 41.8 Å². The van der Waals surface area contributed by atoms with Gasteiger partial charge in [0.25, 0.3) is 0 Å². The van der Waals surface area contributed by atoms with Gasteiger partial charge in [-0.1, -0.05) is 85.2 Å². The minimum Gasteiger partial charge on any atom is -0.478 e. The number of carboxylic acids is 1. The number of fused-ring (bicyclic) bond motifs is 10. The molecule has 0 spiro atoms. The molecule has 338 valence electrons. The maximum Gasteiger partial charge on any atom is 0.337 e. The molecule has 0 atom stereocenters. The predicted molar refractivity (Wildman–Crippen MR) is 257 cm³/mol. The quantitative estimate of drug-likeness (QED) is 0.0840. The zero-order valence-electron chi connectivity index (χ0n) is 36.5. The number of aromatic nitrogens is 6. The molecule has 0 bridgehead atoms. The number of methoxy groups -OCH3 is 1. The molecule has 0 unspecified atom stereocenters. The van der Waals surface area contributed by atoms with Crippen LogP contribution in [0.2, 0.25) is 25.7 Å². The highest BCUT2D eigenvalue weighted by Gasteiger charge is 2.33. The van der Waals surface area contributed by atoms with Crippen LogP contribution in [0, 0.1) is 0 Å². The number of carbonyl (C=O) groups is 2. The molecule has 0 saturated heterocycles. The average molecular weight is 875 g/mol. The number of H-pyrrole nitrogens is 1. The molecule has 11 nitrogen and oxygen atoms in total. The van der Waals surface area contributed by atoms with Crippen molar-refractivity contribution in [2.45, 2.75) is 162 Å². The van der Waals surface area contributed by atoms with Crippen LogP contribution >= 0.6 is 0 Å². The van der Waals surface area contributed by atoms with E-state index >= 15 is 0 Å². The number of nitrogens with zero attached hydrogens (tertiary/aromatic N) is 5. The SMILES string of the molecule is C.C.COC(=O)c1ccc2c(C3CCCCC3)c3n(c2c1)CCCc1ncn(COCC[Si](C)(C)C)c1-3.O=C(O)c1ccc2c(C3CCCCC3)c3n(c2c1)CCCc1[nH]cnc1-3. The summed E-state index contributed by atoms with van der Waals surface area (Å²) in [5, 5.41) is 12.0. The fraction of sp³-hybridized carbons (Fsp3) is 0.529. The Hall–Kier alpha value is -4.94. The Kier molecular flexibility index (Phi) is 14.2. The van der Waals surface area contributed by atoms with Gasteiger partial charge in [-0.05, 0) is 105 Å². The molecule has 0 radical (unpaired) electrons. The lowest BCUT2D eigenvalue weighted by Gasteiger charge is -2.24. The fourth-order valence-electron chi connectivity index (χ4n) is 10.8. The summed E-state index contributed by atoms with van der Waals surface area (Å²) < 4.78 is 18.2. The summed E-state index contributed by atoms with van der Waals surface area (Å²) in [6.07, 6.45) is 20.4. The number of ether oxygens (including phenoxy) is 2. The average Bonchev–Trinajstić information content (AvgIpc) is 3.99. The molecular formula is C51H70N6O5Si. The lowest BCUT2D eigenvalue weighted by molar-refractivity contribution is 0.0600. The van der Waals surface area contributed by atoms with Crippen molar-refractivity contribution < 1.29 is 24.2 Å². The number of imidazole rings is 2. The van der Waals surface area contributed by atoms with Crippen LogP contribution in [-0.4, -0.2) is 67.5 Å². The molecule has 12 heteroatoms. The van der Waals surface area contributed by atoms with Crippen molar-refractivity contribution in [2.24, 2.45) is 0 Å². The molecule has 4 aromatic heterocycles. The molecule has 2 aliphatic carbocycles. The van der Waals surface area contributed by atoms with Gasteiger partial charge >= 0.3 is 11.9 Å². The molecule has 63 heavy (non-hydrogen) atoms. The number of aromatic amines is 1. The van der Waals surface area contributed by atoms with Crippen LogP contribution in [0.1, 0.15) is 147 Å². The van der Waals surface area contributed by atoms with Crippen LogP contribution in [0.25, 0.3) is 44.6 Å². The van der Waals surface area contributed by atoms with Gasteiger partial charge in [0.2, 0.25) is 0 Å². The van der Waals surface area contributed by atoms with E-state index < -0.39 is 14.0 Å². The Bertz CT molecular complexity index is 2560. The van der Waals surface area contributed by atoms with E-state index in [0.717, 1.165) is 68.2 Å². The lowest BCUT2D eigenvalue weighted by Crippen LogP contribution is -2.22. The van der Waals surface area contributed by atoms with Gasteiger partial charge in [0.1, 0.15) is 12.4 Å². The van der Waals surface area contributed by atoms with Gasteiger partial charge in [-0.3, -0.25) is 0 Å². The largest absolute Gasteiger partial charge is 0.478 e. The van der Waals surface area contributed by atoms with Gasteiger partial charge < -0.3 is 33.3 Å². The molecule has 6 aromatic rings. The monoisotopic (exact) mass is 875 g/mol. The summed E-state index contributed by atoms with van der Waals surface area (Å²) in [6, 6.07) is 12.9. The highest BCUT2D eigenvalue weighted by Crippen LogP contribution is 2.47.